The lowest BCUT2D eigenvalue weighted by Crippen LogP contribution is -2.50. The summed E-state index contributed by atoms with van der Waals surface area (Å²) >= 11 is 0. The van der Waals surface area contributed by atoms with Gasteiger partial charge in [-0.15, -0.1) is 0 Å². The first-order chi connectivity index (χ1) is 16.2. The Bertz CT molecular complexity index is 1260. The van der Waals surface area contributed by atoms with Crippen LogP contribution in [0.1, 0.15) is 57.3 Å². The molecule has 4 fully saturated rings. The van der Waals surface area contributed by atoms with Gasteiger partial charge in [-0.1, -0.05) is 12.1 Å². The summed E-state index contributed by atoms with van der Waals surface area (Å²) in [5.41, 5.74) is -0.671. The highest BCUT2D eigenvalue weighted by Gasteiger charge is 2.61. The van der Waals surface area contributed by atoms with Crippen LogP contribution in [-0.2, 0) is 21.6 Å². The van der Waals surface area contributed by atoms with Gasteiger partial charge in [-0.25, -0.2) is 18.1 Å². The van der Waals surface area contributed by atoms with Crippen LogP contribution in [0.3, 0.4) is 0 Å². The molecular weight excluding hydrogens is 477 g/mol. The van der Waals surface area contributed by atoms with E-state index in [0.29, 0.717) is 40.8 Å². The van der Waals surface area contributed by atoms with Crippen molar-refractivity contribution in [3.05, 3.63) is 35.7 Å². The maximum atomic E-state index is 13.2. The Morgan fingerprint density at radius 3 is 2.37 bits per heavy atom. The third-order valence-corrected chi connectivity index (χ3v) is 10.6. The average Bonchev–Trinajstić information content (AvgIpc) is 3.18. The molecule has 2 saturated heterocycles. The van der Waals surface area contributed by atoms with Gasteiger partial charge in [0.1, 0.15) is 5.82 Å². The quantitative estimate of drug-likeness (QED) is 0.617. The minimum Gasteiger partial charge on any atom is -0.300 e. The van der Waals surface area contributed by atoms with E-state index in [1.807, 2.05) is 25.5 Å². The molecule has 35 heavy (non-hydrogen) atoms. The van der Waals surface area contributed by atoms with Crippen molar-refractivity contribution >= 4 is 9.84 Å². The fourth-order valence-electron chi connectivity index (χ4n) is 6.89. The van der Waals surface area contributed by atoms with Gasteiger partial charge in [0.2, 0.25) is 0 Å². The number of alkyl halides is 3. The second kappa shape index (κ2) is 7.31. The van der Waals surface area contributed by atoms with Crippen LogP contribution < -0.4 is 0 Å². The molecule has 2 aromatic rings. The predicted octanol–water partition coefficient (Wildman–Crippen LogP) is 4.33. The van der Waals surface area contributed by atoms with Gasteiger partial charge in [0.15, 0.2) is 15.7 Å². The first-order valence-corrected chi connectivity index (χ1v) is 14.2. The third kappa shape index (κ3) is 4.00. The van der Waals surface area contributed by atoms with Crippen molar-refractivity contribution in [1.29, 1.82) is 0 Å². The van der Waals surface area contributed by atoms with E-state index in [-0.39, 0.29) is 16.9 Å². The molecule has 2 unspecified atom stereocenters. The lowest BCUT2D eigenvalue weighted by atomic mass is 9.91. The van der Waals surface area contributed by atoms with Gasteiger partial charge >= 0.3 is 6.18 Å². The Hall–Kier alpha value is -1.94. The van der Waals surface area contributed by atoms with Crippen LogP contribution in [-0.4, -0.2) is 58.7 Å². The third-order valence-electron chi connectivity index (χ3n) is 8.47. The Morgan fingerprint density at radius 2 is 1.77 bits per heavy atom. The normalized spacial score (nSPS) is 31.5. The summed E-state index contributed by atoms with van der Waals surface area (Å²) in [6.45, 7) is 7.98. The molecule has 6 rings (SSSR count). The van der Waals surface area contributed by atoms with Crippen LogP contribution in [0.5, 0.6) is 0 Å². The van der Waals surface area contributed by atoms with E-state index >= 15 is 0 Å². The van der Waals surface area contributed by atoms with E-state index in [1.165, 1.54) is 6.07 Å². The smallest absolute Gasteiger partial charge is 0.300 e. The first kappa shape index (κ1) is 23.5. The van der Waals surface area contributed by atoms with Gasteiger partial charge in [0, 0.05) is 29.5 Å². The van der Waals surface area contributed by atoms with Gasteiger partial charge in [-0.05, 0) is 70.5 Å². The van der Waals surface area contributed by atoms with Crippen LogP contribution in [0.4, 0.5) is 13.2 Å². The predicted molar refractivity (Wildman–Crippen MR) is 125 cm³/mol. The van der Waals surface area contributed by atoms with E-state index in [2.05, 4.69) is 10.00 Å². The molecule has 2 aliphatic heterocycles. The van der Waals surface area contributed by atoms with Crippen molar-refractivity contribution in [1.82, 2.24) is 19.7 Å². The number of likely N-dealkylation sites (tertiary alicyclic amines) is 1. The topological polar surface area (TPSA) is 68.1 Å². The van der Waals surface area contributed by atoms with E-state index in [9.17, 15) is 21.6 Å². The van der Waals surface area contributed by atoms with Crippen LogP contribution in [0.15, 0.2) is 24.3 Å². The van der Waals surface area contributed by atoms with Crippen molar-refractivity contribution in [2.24, 2.45) is 17.3 Å². The molecule has 6 nitrogen and oxygen atoms in total. The highest BCUT2D eigenvalue weighted by atomic mass is 32.2. The molecule has 10 heteroatoms. The summed E-state index contributed by atoms with van der Waals surface area (Å²) < 4.78 is 65.1. The highest BCUT2D eigenvalue weighted by Crippen LogP contribution is 2.64. The number of rotatable bonds is 3. The highest BCUT2D eigenvalue weighted by molar-refractivity contribution is 7.92. The van der Waals surface area contributed by atoms with Crippen molar-refractivity contribution < 1.29 is 21.6 Å². The Balaban J connectivity index is 1.20. The zero-order valence-electron chi connectivity index (χ0n) is 20.2. The maximum absolute atomic E-state index is 13.2. The van der Waals surface area contributed by atoms with E-state index in [0.717, 1.165) is 50.3 Å². The van der Waals surface area contributed by atoms with Crippen molar-refractivity contribution in [2.45, 2.75) is 63.7 Å². The van der Waals surface area contributed by atoms with Crippen molar-refractivity contribution in [3.63, 3.8) is 0 Å². The summed E-state index contributed by atoms with van der Waals surface area (Å²) in [4.78, 5) is 7.30. The molecular formula is C25H31F3N4O2S. The molecule has 3 heterocycles. The van der Waals surface area contributed by atoms with E-state index < -0.39 is 21.6 Å². The van der Waals surface area contributed by atoms with Crippen molar-refractivity contribution in [2.75, 3.05) is 24.6 Å². The number of aromatic nitrogens is 3. The Kier molecular flexibility index (Phi) is 4.90. The molecule has 4 atom stereocenters. The van der Waals surface area contributed by atoms with Crippen LogP contribution in [0, 0.1) is 17.3 Å². The minimum atomic E-state index is -4.41. The van der Waals surface area contributed by atoms with Gasteiger partial charge in [-0.3, -0.25) is 4.90 Å². The number of nitrogens with zero attached hydrogens (tertiary/aromatic N) is 4. The summed E-state index contributed by atoms with van der Waals surface area (Å²) in [7, 11) is -2.82. The second-order valence-electron chi connectivity index (χ2n) is 12.2. The minimum absolute atomic E-state index is 0.0166. The number of sulfone groups is 1. The number of benzene rings is 1. The Morgan fingerprint density at radius 1 is 1.09 bits per heavy atom. The lowest BCUT2D eigenvalue weighted by molar-refractivity contribution is -0.137. The molecule has 0 amide bonds. The van der Waals surface area contributed by atoms with Crippen LogP contribution in [0.2, 0.25) is 0 Å². The summed E-state index contributed by atoms with van der Waals surface area (Å²) in [5.74, 6) is 3.18. The fraction of sp³-hybridized carbons (Fsp3) is 0.680. The van der Waals surface area contributed by atoms with Crippen LogP contribution >= 0.6 is 0 Å². The zero-order chi connectivity index (χ0) is 25.0. The molecule has 0 N–H and O–H groups in total. The molecule has 4 aliphatic rings. The molecule has 2 aliphatic carbocycles. The number of hydrogen-bond donors (Lipinski definition) is 0. The molecule has 0 radical (unpaired) electrons. The Labute approximate surface area is 203 Å². The SMILES string of the molecule is CC(C)(C)n1nc(-c2cccc(C(F)(F)F)c2)nc1C1[C@H]2CC(N3CCC4(C3)CS(=O)(=O)C4)C[C@@H]12. The molecule has 2 saturated carbocycles. The summed E-state index contributed by atoms with van der Waals surface area (Å²) in [5, 5.41) is 4.68. The molecule has 1 aromatic heterocycles. The molecule has 0 bridgehead atoms. The molecule has 190 valence electrons. The second-order valence-corrected chi connectivity index (χ2v) is 14.3. The number of fused-ring (bicyclic) bond motifs is 1. The zero-order valence-corrected chi connectivity index (χ0v) is 21.0. The van der Waals surface area contributed by atoms with Gasteiger partial charge < -0.3 is 0 Å². The van der Waals surface area contributed by atoms with Crippen molar-refractivity contribution in [3.8, 4) is 11.4 Å². The standard InChI is InChI=1S/C25H31F3N4O2S/c1-23(2,3)32-22(29-21(30-32)15-5-4-6-16(9-15)25(26,27)28)20-18-10-17(11-19(18)20)31-8-7-24(12-31)13-35(33,34)14-24/h4-6,9,17-20H,7-8,10-14H2,1-3H3/t17?,18-,19+,20?. The summed E-state index contributed by atoms with van der Waals surface area (Å²) in [6, 6.07) is 5.72. The number of hydrogen-bond acceptors (Lipinski definition) is 5. The van der Waals surface area contributed by atoms with E-state index in [1.54, 1.807) is 6.07 Å². The fourth-order valence-corrected chi connectivity index (χ4v) is 9.14. The van der Waals surface area contributed by atoms with Gasteiger partial charge in [0.25, 0.3) is 0 Å². The molecule has 1 spiro atoms. The number of halogens is 3. The van der Waals surface area contributed by atoms with Gasteiger partial charge in [0.05, 0.1) is 22.6 Å². The van der Waals surface area contributed by atoms with Gasteiger partial charge in [-0.2, -0.15) is 18.3 Å². The maximum Gasteiger partial charge on any atom is 0.416 e. The lowest BCUT2D eigenvalue weighted by Gasteiger charge is -2.38. The van der Waals surface area contributed by atoms with E-state index in [4.69, 9.17) is 4.98 Å². The monoisotopic (exact) mass is 508 g/mol. The largest absolute Gasteiger partial charge is 0.416 e. The summed E-state index contributed by atoms with van der Waals surface area (Å²) in [6.07, 6.45) is -1.31. The van der Waals surface area contributed by atoms with Crippen LogP contribution in [0.25, 0.3) is 11.4 Å². The molecule has 1 aromatic carbocycles. The first-order valence-electron chi connectivity index (χ1n) is 12.3. The average molecular weight is 509 g/mol.